The van der Waals surface area contributed by atoms with E-state index in [1.807, 2.05) is 31.3 Å². The van der Waals surface area contributed by atoms with Crippen LogP contribution in [0.2, 0.25) is 0 Å². The summed E-state index contributed by atoms with van der Waals surface area (Å²) in [7, 11) is 0. The number of hydrogen-bond donors (Lipinski definition) is 1. The second-order valence-corrected chi connectivity index (χ2v) is 7.65. The Balaban J connectivity index is 0.00000210. The maximum absolute atomic E-state index is 13.3. The molecule has 1 unspecified atom stereocenters. The van der Waals surface area contributed by atoms with Gasteiger partial charge in [0.2, 0.25) is 5.95 Å². The molecule has 0 saturated heterocycles. The number of rotatable bonds is 3. The van der Waals surface area contributed by atoms with Gasteiger partial charge in [0.25, 0.3) is 0 Å². The van der Waals surface area contributed by atoms with Crippen LogP contribution in [0.5, 0.6) is 0 Å². The van der Waals surface area contributed by atoms with Crippen LogP contribution in [-0.4, -0.2) is 16.5 Å². The number of aromatic nitrogens is 2. The summed E-state index contributed by atoms with van der Waals surface area (Å²) < 4.78 is 13.3. The summed E-state index contributed by atoms with van der Waals surface area (Å²) in [6.07, 6.45) is 1.03. The molecular weight excluding hydrogens is 383 g/mol. The Kier molecular flexibility index (Phi) is 5.67. The van der Waals surface area contributed by atoms with Crippen LogP contribution in [0.3, 0.4) is 0 Å². The Morgan fingerprint density at radius 3 is 2.78 bits per heavy atom. The zero-order valence-electron chi connectivity index (χ0n) is 15.5. The highest BCUT2D eigenvalue weighted by Gasteiger charge is 2.26. The van der Waals surface area contributed by atoms with Crippen LogP contribution in [-0.2, 0) is 6.42 Å². The summed E-state index contributed by atoms with van der Waals surface area (Å²) in [5, 5.41) is 5.40. The van der Waals surface area contributed by atoms with Gasteiger partial charge in [-0.3, -0.25) is 0 Å². The normalized spacial score (nSPS) is 15.9. The molecule has 4 nitrogen and oxygen atoms in total. The number of anilines is 3. The lowest BCUT2D eigenvalue weighted by Gasteiger charge is -2.34. The van der Waals surface area contributed by atoms with Crippen molar-refractivity contribution in [2.75, 3.05) is 16.8 Å². The first kappa shape index (κ1) is 19.6. The fraction of sp³-hybridized carbons (Fsp3) is 0.300. The molecule has 3 heterocycles. The largest absolute Gasteiger partial charge is 0.349 e. The molecule has 3 aromatic rings. The van der Waals surface area contributed by atoms with Gasteiger partial charge < -0.3 is 10.2 Å². The van der Waals surface area contributed by atoms with E-state index in [2.05, 4.69) is 33.6 Å². The van der Waals surface area contributed by atoms with Crippen LogP contribution in [0.4, 0.5) is 21.8 Å². The first-order chi connectivity index (χ1) is 12.5. The maximum Gasteiger partial charge on any atom is 0.229 e. The maximum atomic E-state index is 13.3. The van der Waals surface area contributed by atoms with E-state index in [4.69, 9.17) is 4.98 Å². The fourth-order valence-corrected chi connectivity index (χ4v) is 4.48. The third kappa shape index (κ3) is 3.92. The number of nitrogens with zero attached hydrogens (tertiary/aromatic N) is 3. The lowest BCUT2D eigenvalue weighted by Crippen LogP contribution is -2.33. The number of hydrogen-bond acceptors (Lipinski definition) is 5. The van der Waals surface area contributed by atoms with Crippen molar-refractivity contribution in [2.45, 2.75) is 33.2 Å². The van der Waals surface area contributed by atoms with Crippen LogP contribution >= 0.6 is 23.7 Å². The van der Waals surface area contributed by atoms with Crippen molar-refractivity contribution in [3.63, 3.8) is 0 Å². The van der Waals surface area contributed by atoms with E-state index in [0.29, 0.717) is 12.0 Å². The molecule has 0 spiro atoms. The predicted molar refractivity (Wildman–Crippen MR) is 112 cm³/mol. The molecule has 1 N–H and O–H groups in total. The summed E-state index contributed by atoms with van der Waals surface area (Å²) in [4.78, 5) is 13.0. The number of halogens is 2. The zero-order valence-corrected chi connectivity index (χ0v) is 17.1. The van der Waals surface area contributed by atoms with Gasteiger partial charge in [0.05, 0.1) is 6.04 Å². The third-order valence-electron chi connectivity index (χ3n) is 4.82. The van der Waals surface area contributed by atoms with E-state index < -0.39 is 0 Å². The van der Waals surface area contributed by atoms with Crippen LogP contribution in [0.1, 0.15) is 34.7 Å². The minimum absolute atomic E-state index is 0. The van der Waals surface area contributed by atoms with Crippen molar-refractivity contribution in [3.05, 3.63) is 63.2 Å². The van der Waals surface area contributed by atoms with Crippen molar-refractivity contribution < 1.29 is 4.39 Å². The summed E-state index contributed by atoms with van der Waals surface area (Å²) in [6.45, 7) is 7.01. The van der Waals surface area contributed by atoms with Gasteiger partial charge in [-0.05, 0) is 68.0 Å². The molecule has 1 aromatic carbocycles. The number of benzene rings is 1. The van der Waals surface area contributed by atoms with E-state index in [-0.39, 0.29) is 18.2 Å². The third-order valence-corrected chi connectivity index (χ3v) is 5.95. The number of fused-ring (bicyclic) bond motifs is 1. The lowest BCUT2D eigenvalue weighted by molar-refractivity contribution is 0.626. The van der Waals surface area contributed by atoms with Gasteiger partial charge in [0, 0.05) is 28.9 Å². The van der Waals surface area contributed by atoms with Crippen LogP contribution < -0.4 is 10.2 Å². The quantitative estimate of drug-likeness (QED) is 0.618. The van der Waals surface area contributed by atoms with Gasteiger partial charge in [-0.25, -0.2) is 9.37 Å². The van der Waals surface area contributed by atoms with Crippen LogP contribution in [0.25, 0.3) is 0 Å². The second-order valence-electron chi connectivity index (χ2n) is 6.70. The zero-order chi connectivity index (χ0) is 18.3. The standard InChI is InChI=1S/C20H21FN4S.ClH/c1-12-10-16(21)4-5-17(12)23-20-22-13(2)11-18(24-20)25-8-6-15-7-9-26-19(15)14(25)3;/h4-5,7,9-11,14H,6,8H2,1-3H3,(H,22,23,24);1H. The molecule has 1 aliphatic heterocycles. The average molecular weight is 405 g/mol. The Bertz CT molecular complexity index is 959. The lowest BCUT2D eigenvalue weighted by atomic mass is 10.0. The number of nitrogens with one attached hydrogen (secondary N) is 1. The highest BCUT2D eigenvalue weighted by atomic mass is 35.5. The van der Waals surface area contributed by atoms with E-state index in [1.165, 1.54) is 22.6 Å². The molecule has 0 radical (unpaired) electrons. The van der Waals surface area contributed by atoms with Crippen molar-refractivity contribution in [1.82, 2.24) is 9.97 Å². The molecule has 27 heavy (non-hydrogen) atoms. The smallest absolute Gasteiger partial charge is 0.229 e. The molecule has 7 heteroatoms. The molecule has 0 amide bonds. The Labute approximate surface area is 168 Å². The highest BCUT2D eigenvalue weighted by Crippen LogP contribution is 2.36. The molecule has 0 fully saturated rings. The van der Waals surface area contributed by atoms with Crippen LogP contribution in [0, 0.1) is 19.7 Å². The molecule has 0 bridgehead atoms. The SMILES string of the molecule is Cc1cc(N2CCc3ccsc3C2C)nc(Nc2ccc(F)cc2C)n1.Cl. The van der Waals surface area contributed by atoms with Crippen molar-refractivity contribution in [3.8, 4) is 0 Å². The number of aryl methyl sites for hydroxylation is 2. The van der Waals surface area contributed by atoms with Gasteiger partial charge in [0.15, 0.2) is 0 Å². The number of thiophene rings is 1. The van der Waals surface area contributed by atoms with Gasteiger partial charge in [0.1, 0.15) is 11.6 Å². The Morgan fingerprint density at radius 1 is 1.19 bits per heavy atom. The Hall–Kier alpha value is -2.18. The van der Waals surface area contributed by atoms with Gasteiger partial charge in [-0.2, -0.15) is 4.98 Å². The molecule has 0 saturated carbocycles. The summed E-state index contributed by atoms with van der Waals surface area (Å²) >= 11 is 1.81. The van der Waals surface area contributed by atoms with E-state index in [0.717, 1.165) is 35.7 Å². The molecule has 142 valence electrons. The predicted octanol–water partition coefficient (Wildman–Crippen LogP) is 5.58. The summed E-state index contributed by atoms with van der Waals surface area (Å²) in [5.74, 6) is 1.22. The minimum Gasteiger partial charge on any atom is -0.349 e. The summed E-state index contributed by atoms with van der Waals surface area (Å²) in [6, 6.07) is 9.22. The second kappa shape index (κ2) is 7.82. The molecule has 4 rings (SSSR count). The minimum atomic E-state index is -0.243. The highest BCUT2D eigenvalue weighted by molar-refractivity contribution is 7.10. The molecule has 1 aliphatic rings. The fourth-order valence-electron chi connectivity index (χ4n) is 3.45. The van der Waals surface area contributed by atoms with E-state index >= 15 is 0 Å². The summed E-state index contributed by atoms with van der Waals surface area (Å²) in [5.41, 5.74) is 3.99. The van der Waals surface area contributed by atoms with Crippen molar-refractivity contribution in [2.24, 2.45) is 0 Å². The topological polar surface area (TPSA) is 41.1 Å². The molecular formula is C20H22ClFN4S. The monoisotopic (exact) mass is 404 g/mol. The van der Waals surface area contributed by atoms with Gasteiger partial charge >= 0.3 is 0 Å². The first-order valence-electron chi connectivity index (χ1n) is 8.73. The van der Waals surface area contributed by atoms with E-state index in [9.17, 15) is 4.39 Å². The van der Waals surface area contributed by atoms with Gasteiger partial charge in [-0.15, -0.1) is 23.7 Å². The molecule has 1 atom stereocenters. The van der Waals surface area contributed by atoms with Crippen molar-refractivity contribution >= 4 is 41.2 Å². The molecule has 0 aliphatic carbocycles. The Morgan fingerprint density at radius 2 is 2.00 bits per heavy atom. The van der Waals surface area contributed by atoms with Crippen LogP contribution in [0.15, 0.2) is 35.7 Å². The first-order valence-corrected chi connectivity index (χ1v) is 9.61. The van der Waals surface area contributed by atoms with Crippen molar-refractivity contribution in [1.29, 1.82) is 0 Å². The van der Waals surface area contributed by atoms with E-state index in [1.54, 1.807) is 6.07 Å². The van der Waals surface area contributed by atoms with Gasteiger partial charge in [-0.1, -0.05) is 0 Å². The molecule has 2 aromatic heterocycles. The average Bonchev–Trinajstić information content (AvgIpc) is 3.07.